The third-order valence-corrected chi connectivity index (χ3v) is 4.10. The number of rotatable bonds is 7. The van der Waals surface area contributed by atoms with Gasteiger partial charge in [0.05, 0.1) is 17.3 Å². The number of ether oxygens (including phenoxy) is 1. The quantitative estimate of drug-likeness (QED) is 0.779. The number of carbonyl (C=O) groups is 1. The summed E-state index contributed by atoms with van der Waals surface area (Å²) in [7, 11) is 0. The smallest absolute Gasteiger partial charge is 0.220 e. The Kier molecular flexibility index (Phi) is 7.01. The first-order valence-corrected chi connectivity index (χ1v) is 8.45. The maximum atomic E-state index is 14.2. The molecule has 0 unspecified atom stereocenters. The van der Waals surface area contributed by atoms with E-state index in [9.17, 15) is 9.18 Å². The molecule has 6 heteroatoms. The zero-order valence-corrected chi connectivity index (χ0v) is 14.1. The number of carbonyl (C=O) groups excluding carboxylic acids is 1. The molecule has 1 aromatic rings. The largest absolute Gasteiger partial charge is 0.382 e. The molecule has 0 aliphatic carbocycles. The topological polar surface area (TPSA) is 65.4 Å². The van der Waals surface area contributed by atoms with Gasteiger partial charge in [0.1, 0.15) is 5.82 Å². The van der Waals surface area contributed by atoms with Gasteiger partial charge in [-0.15, -0.1) is 0 Å². The molecular formula is C18H24FN3O2. The Balaban J connectivity index is 1.87. The molecule has 2 rings (SSSR count). The Morgan fingerprint density at radius 1 is 1.54 bits per heavy atom. The van der Waals surface area contributed by atoms with Gasteiger partial charge in [-0.25, -0.2) is 4.39 Å². The van der Waals surface area contributed by atoms with Gasteiger partial charge in [-0.1, -0.05) is 0 Å². The van der Waals surface area contributed by atoms with Crippen LogP contribution in [-0.4, -0.2) is 38.3 Å². The molecule has 0 bridgehead atoms. The highest BCUT2D eigenvalue weighted by molar-refractivity contribution is 5.76. The molecule has 0 aromatic heterocycles. The van der Waals surface area contributed by atoms with Crippen LogP contribution in [0.4, 0.5) is 10.1 Å². The van der Waals surface area contributed by atoms with E-state index in [1.807, 2.05) is 17.9 Å². The fourth-order valence-electron chi connectivity index (χ4n) is 2.93. The fraction of sp³-hybridized carbons (Fsp3) is 0.556. The Hall–Kier alpha value is -2.13. The second kappa shape index (κ2) is 9.24. The third kappa shape index (κ3) is 5.20. The highest BCUT2D eigenvalue weighted by Crippen LogP contribution is 2.24. The normalized spacial score (nSPS) is 17.4. The van der Waals surface area contributed by atoms with Gasteiger partial charge in [0, 0.05) is 38.8 Å². The Morgan fingerprint density at radius 2 is 2.38 bits per heavy atom. The van der Waals surface area contributed by atoms with Crippen molar-refractivity contribution in [2.24, 2.45) is 0 Å². The van der Waals surface area contributed by atoms with E-state index in [-0.39, 0.29) is 11.9 Å². The van der Waals surface area contributed by atoms with E-state index < -0.39 is 5.82 Å². The third-order valence-electron chi connectivity index (χ3n) is 4.10. The van der Waals surface area contributed by atoms with Crippen molar-refractivity contribution in [1.82, 2.24) is 5.32 Å². The Morgan fingerprint density at radius 3 is 3.08 bits per heavy atom. The number of piperidine rings is 1. The number of amides is 1. The fourth-order valence-corrected chi connectivity index (χ4v) is 2.93. The second-order valence-corrected chi connectivity index (χ2v) is 5.93. The van der Waals surface area contributed by atoms with Gasteiger partial charge in [0.15, 0.2) is 0 Å². The summed E-state index contributed by atoms with van der Waals surface area (Å²) in [4.78, 5) is 13.9. The predicted octanol–water partition coefficient (Wildman–Crippen LogP) is 2.60. The molecule has 1 heterocycles. The number of anilines is 1. The average molecular weight is 333 g/mol. The van der Waals surface area contributed by atoms with E-state index in [4.69, 9.17) is 10.00 Å². The van der Waals surface area contributed by atoms with Gasteiger partial charge in [0.25, 0.3) is 0 Å². The van der Waals surface area contributed by atoms with Crippen LogP contribution < -0.4 is 10.2 Å². The van der Waals surface area contributed by atoms with Crippen molar-refractivity contribution in [3.8, 4) is 6.07 Å². The van der Waals surface area contributed by atoms with E-state index >= 15 is 0 Å². The summed E-state index contributed by atoms with van der Waals surface area (Å²) in [6.45, 7) is 4.52. The van der Waals surface area contributed by atoms with Gasteiger partial charge in [-0.2, -0.15) is 5.26 Å². The number of benzene rings is 1. The summed E-state index contributed by atoms with van der Waals surface area (Å²) < 4.78 is 19.4. The van der Waals surface area contributed by atoms with Gasteiger partial charge < -0.3 is 15.0 Å². The summed E-state index contributed by atoms with van der Waals surface area (Å²) >= 11 is 0. The van der Waals surface area contributed by atoms with Crippen molar-refractivity contribution in [3.05, 3.63) is 29.6 Å². The van der Waals surface area contributed by atoms with Crippen LogP contribution in [0.3, 0.4) is 0 Å². The van der Waals surface area contributed by atoms with Crippen molar-refractivity contribution in [1.29, 1.82) is 5.26 Å². The van der Waals surface area contributed by atoms with E-state index in [0.29, 0.717) is 43.9 Å². The highest BCUT2D eigenvalue weighted by atomic mass is 19.1. The molecule has 5 nitrogen and oxygen atoms in total. The van der Waals surface area contributed by atoms with Crippen molar-refractivity contribution >= 4 is 11.6 Å². The molecule has 1 saturated heterocycles. The molecule has 0 radical (unpaired) electrons. The van der Waals surface area contributed by atoms with E-state index in [0.717, 1.165) is 19.4 Å². The Bertz CT molecular complexity index is 600. The molecule has 1 atom stereocenters. The summed E-state index contributed by atoms with van der Waals surface area (Å²) in [6.07, 6.45) is 2.94. The minimum absolute atomic E-state index is 0.0156. The first-order valence-electron chi connectivity index (χ1n) is 8.45. The Labute approximate surface area is 142 Å². The van der Waals surface area contributed by atoms with Crippen LogP contribution in [0.5, 0.6) is 0 Å². The first-order chi connectivity index (χ1) is 11.6. The SMILES string of the molecule is CCOCCCC(=O)N[C@H]1CCCN(c2ccc(C#N)cc2F)C1. The standard InChI is InChI=1S/C18H24FN3O2/c1-2-24-10-4-6-18(23)21-15-5-3-9-22(13-15)17-8-7-14(12-20)11-16(17)19/h7-8,11,15H,2-6,9-10,13H2,1H3,(H,21,23)/t15-/m0/s1. The second-order valence-electron chi connectivity index (χ2n) is 5.93. The molecular weight excluding hydrogens is 309 g/mol. The van der Waals surface area contributed by atoms with Crippen LogP contribution in [-0.2, 0) is 9.53 Å². The number of nitriles is 1. The summed E-state index contributed by atoms with van der Waals surface area (Å²) in [5.74, 6) is -0.375. The minimum atomic E-state index is -0.391. The molecule has 1 fully saturated rings. The molecule has 1 aromatic carbocycles. The number of hydrogen-bond acceptors (Lipinski definition) is 4. The maximum Gasteiger partial charge on any atom is 0.220 e. The molecule has 0 spiro atoms. The van der Waals surface area contributed by atoms with Crippen LogP contribution in [0.2, 0.25) is 0 Å². The van der Waals surface area contributed by atoms with Crippen LogP contribution in [0.25, 0.3) is 0 Å². The van der Waals surface area contributed by atoms with Crippen LogP contribution in [0.15, 0.2) is 18.2 Å². The highest BCUT2D eigenvalue weighted by Gasteiger charge is 2.23. The molecule has 1 aliphatic rings. The van der Waals surface area contributed by atoms with Crippen LogP contribution >= 0.6 is 0 Å². The lowest BCUT2D eigenvalue weighted by Gasteiger charge is -2.35. The van der Waals surface area contributed by atoms with Gasteiger partial charge in [-0.3, -0.25) is 4.79 Å². The zero-order chi connectivity index (χ0) is 17.4. The molecule has 1 N–H and O–H groups in total. The average Bonchev–Trinajstić information content (AvgIpc) is 2.59. The van der Waals surface area contributed by atoms with E-state index in [1.54, 1.807) is 12.1 Å². The number of hydrogen-bond donors (Lipinski definition) is 1. The van der Waals surface area contributed by atoms with Crippen molar-refractivity contribution in [2.45, 2.75) is 38.6 Å². The lowest BCUT2D eigenvalue weighted by atomic mass is 10.0. The molecule has 130 valence electrons. The minimum Gasteiger partial charge on any atom is -0.382 e. The lowest BCUT2D eigenvalue weighted by molar-refractivity contribution is -0.122. The van der Waals surface area contributed by atoms with Crippen LogP contribution in [0, 0.1) is 17.1 Å². The van der Waals surface area contributed by atoms with Crippen molar-refractivity contribution in [3.63, 3.8) is 0 Å². The van der Waals surface area contributed by atoms with E-state index in [1.165, 1.54) is 6.07 Å². The lowest BCUT2D eigenvalue weighted by Crippen LogP contribution is -2.48. The monoisotopic (exact) mass is 333 g/mol. The van der Waals surface area contributed by atoms with Crippen LogP contribution in [0.1, 0.15) is 38.2 Å². The summed E-state index contributed by atoms with van der Waals surface area (Å²) in [5.41, 5.74) is 0.803. The summed E-state index contributed by atoms with van der Waals surface area (Å²) in [5, 5.41) is 11.8. The summed E-state index contributed by atoms with van der Waals surface area (Å²) in [6, 6.07) is 6.47. The number of nitrogens with zero attached hydrogens (tertiary/aromatic N) is 2. The number of nitrogens with one attached hydrogen (secondary N) is 1. The van der Waals surface area contributed by atoms with Gasteiger partial charge in [0.2, 0.25) is 5.91 Å². The molecule has 24 heavy (non-hydrogen) atoms. The molecule has 1 amide bonds. The van der Waals surface area contributed by atoms with Crippen molar-refractivity contribution < 1.29 is 13.9 Å². The molecule has 1 aliphatic heterocycles. The predicted molar refractivity (Wildman–Crippen MR) is 90.2 cm³/mol. The van der Waals surface area contributed by atoms with Gasteiger partial charge >= 0.3 is 0 Å². The first kappa shape index (κ1) is 18.2. The zero-order valence-electron chi connectivity index (χ0n) is 14.1. The molecule has 0 saturated carbocycles. The van der Waals surface area contributed by atoms with E-state index in [2.05, 4.69) is 5.32 Å². The maximum absolute atomic E-state index is 14.2. The van der Waals surface area contributed by atoms with Crippen molar-refractivity contribution in [2.75, 3.05) is 31.2 Å². The number of halogens is 1. The van der Waals surface area contributed by atoms with Gasteiger partial charge in [-0.05, 0) is 44.4 Å².